The molecule has 1 saturated carbocycles. The summed E-state index contributed by atoms with van der Waals surface area (Å²) < 4.78 is 5.52. The largest absolute Gasteiger partial charge is 0.494 e. The van der Waals surface area contributed by atoms with Gasteiger partial charge in [0, 0.05) is 13.0 Å². The van der Waals surface area contributed by atoms with Gasteiger partial charge in [0.15, 0.2) is 0 Å². The summed E-state index contributed by atoms with van der Waals surface area (Å²) in [5.74, 6) is 2.30. The zero-order chi connectivity index (χ0) is 13.7. The van der Waals surface area contributed by atoms with Crippen molar-refractivity contribution in [1.82, 2.24) is 5.32 Å². The lowest BCUT2D eigenvalue weighted by atomic mass is 10.1. The molecular formula is C16H23NO2. The topological polar surface area (TPSA) is 38.3 Å². The number of hydrogen-bond donors (Lipinski definition) is 1. The molecule has 1 aliphatic carbocycles. The van der Waals surface area contributed by atoms with Gasteiger partial charge >= 0.3 is 0 Å². The Balaban J connectivity index is 1.82. The normalized spacial score (nSPS) is 20.9. The first-order valence-corrected chi connectivity index (χ1v) is 7.24. The maximum absolute atomic E-state index is 11.4. The van der Waals surface area contributed by atoms with Crippen LogP contribution < -0.4 is 10.1 Å². The van der Waals surface area contributed by atoms with Gasteiger partial charge in [-0.05, 0) is 49.3 Å². The van der Waals surface area contributed by atoms with Crippen molar-refractivity contribution in [3.05, 3.63) is 29.8 Å². The molecule has 2 rings (SSSR count). The average molecular weight is 261 g/mol. The molecule has 0 unspecified atom stereocenters. The van der Waals surface area contributed by atoms with Crippen LogP contribution in [0.2, 0.25) is 0 Å². The Labute approximate surface area is 115 Å². The Bertz CT molecular complexity index is 431. The third-order valence-corrected chi connectivity index (χ3v) is 3.56. The number of rotatable bonds is 7. The summed E-state index contributed by atoms with van der Waals surface area (Å²) in [5, 5.41) is 3.01. The highest BCUT2D eigenvalue weighted by molar-refractivity contribution is 5.75. The molecule has 0 saturated heterocycles. The molecule has 1 aliphatic rings. The Morgan fingerprint density at radius 1 is 1.42 bits per heavy atom. The van der Waals surface area contributed by atoms with E-state index in [0.717, 1.165) is 18.7 Å². The lowest BCUT2D eigenvalue weighted by Crippen LogP contribution is -2.25. The summed E-state index contributed by atoms with van der Waals surface area (Å²) >= 11 is 0. The van der Waals surface area contributed by atoms with Crippen LogP contribution in [0.4, 0.5) is 0 Å². The highest BCUT2D eigenvalue weighted by Crippen LogP contribution is 2.47. The summed E-state index contributed by atoms with van der Waals surface area (Å²) in [6, 6.07) is 8.32. The second kappa shape index (κ2) is 6.60. The Kier molecular flexibility index (Phi) is 4.83. The van der Waals surface area contributed by atoms with Crippen LogP contribution in [-0.2, 0) is 4.79 Å². The number of amides is 1. The number of hydrogen-bond acceptors (Lipinski definition) is 2. The van der Waals surface area contributed by atoms with Crippen molar-refractivity contribution in [3.8, 4) is 5.75 Å². The van der Waals surface area contributed by atoms with Gasteiger partial charge in [0.25, 0.3) is 0 Å². The van der Waals surface area contributed by atoms with Crippen molar-refractivity contribution in [3.63, 3.8) is 0 Å². The molecule has 2 atom stereocenters. The molecule has 104 valence electrons. The third kappa shape index (κ3) is 3.98. The minimum atomic E-state index is 0.177. The van der Waals surface area contributed by atoms with E-state index in [1.165, 1.54) is 12.0 Å². The Morgan fingerprint density at radius 2 is 2.26 bits per heavy atom. The van der Waals surface area contributed by atoms with Crippen LogP contribution in [0.3, 0.4) is 0 Å². The summed E-state index contributed by atoms with van der Waals surface area (Å²) in [6.07, 6.45) is 2.72. The molecule has 1 fully saturated rings. The van der Waals surface area contributed by atoms with Crippen molar-refractivity contribution < 1.29 is 9.53 Å². The van der Waals surface area contributed by atoms with Gasteiger partial charge in [-0.1, -0.05) is 19.1 Å². The van der Waals surface area contributed by atoms with E-state index in [2.05, 4.69) is 17.4 Å². The lowest BCUT2D eigenvalue weighted by molar-refractivity contribution is -0.121. The fourth-order valence-corrected chi connectivity index (χ4v) is 2.44. The minimum absolute atomic E-state index is 0.177. The molecular weight excluding hydrogens is 238 g/mol. The second-order valence-electron chi connectivity index (χ2n) is 5.16. The van der Waals surface area contributed by atoms with Crippen molar-refractivity contribution >= 4 is 5.91 Å². The molecule has 1 amide bonds. The number of carbonyl (C=O) groups is 1. The quantitative estimate of drug-likeness (QED) is 0.819. The van der Waals surface area contributed by atoms with E-state index in [4.69, 9.17) is 4.74 Å². The molecule has 1 aromatic carbocycles. The van der Waals surface area contributed by atoms with Crippen molar-refractivity contribution in [2.45, 2.75) is 39.0 Å². The molecule has 0 radical (unpaired) electrons. The monoisotopic (exact) mass is 261 g/mol. The fraction of sp³-hybridized carbons (Fsp3) is 0.562. The molecule has 0 bridgehead atoms. The van der Waals surface area contributed by atoms with Crippen LogP contribution in [0, 0.1) is 5.92 Å². The Morgan fingerprint density at radius 3 is 3.00 bits per heavy atom. The highest BCUT2D eigenvalue weighted by atomic mass is 16.5. The van der Waals surface area contributed by atoms with Gasteiger partial charge < -0.3 is 10.1 Å². The molecule has 0 spiro atoms. The molecule has 3 heteroatoms. The van der Waals surface area contributed by atoms with Crippen LogP contribution in [0.15, 0.2) is 24.3 Å². The van der Waals surface area contributed by atoms with Crippen LogP contribution >= 0.6 is 0 Å². The SMILES string of the molecule is CCCC(=O)NC[C@@H]1C[C@H]1c1cccc(OCC)c1. The zero-order valence-electron chi connectivity index (χ0n) is 11.8. The predicted molar refractivity (Wildman–Crippen MR) is 76.4 cm³/mol. The summed E-state index contributed by atoms with van der Waals surface area (Å²) in [5.41, 5.74) is 1.33. The maximum Gasteiger partial charge on any atom is 0.219 e. The van der Waals surface area contributed by atoms with Gasteiger partial charge in [-0.15, -0.1) is 0 Å². The molecule has 1 aromatic rings. The van der Waals surface area contributed by atoms with Crippen molar-refractivity contribution in [1.29, 1.82) is 0 Å². The highest BCUT2D eigenvalue weighted by Gasteiger charge is 2.38. The molecule has 0 heterocycles. The van der Waals surface area contributed by atoms with Crippen molar-refractivity contribution in [2.24, 2.45) is 5.92 Å². The van der Waals surface area contributed by atoms with Gasteiger partial charge in [0.1, 0.15) is 5.75 Å². The molecule has 0 aromatic heterocycles. The van der Waals surface area contributed by atoms with E-state index in [0.29, 0.717) is 24.9 Å². The number of benzene rings is 1. The zero-order valence-corrected chi connectivity index (χ0v) is 11.8. The molecule has 0 aliphatic heterocycles. The van der Waals surface area contributed by atoms with Crippen LogP contribution in [0.5, 0.6) is 5.75 Å². The summed E-state index contributed by atoms with van der Waals surface area (Å²) in [4.78, 5) is 11.4. The first kappa shape index (κ1) is 13.9. The first-order chi connectivity index (χ1) is 9.24. The van der Waals surface area contributed by atoms with E-state index in [1.807, 2.05) is 26.0 Å². The number of ether oxygens (including phenoxy) is 1. The maximum atomic E-state index is 11.4. The van der Waals surface area contributed by atoms with E-state index in [9.17, 15) is 4.79 Å². The molecule has 19 heavy (non-hydrogen) atoms. The Hall–Kier alpha value is -1.51. The second-order valence-corrected chi connectivity index (χ2v) is 5.16. The first-order valence-electron chi connectivity index (χ1n) is 7.24. The molecule has 3 nitrogen and oxygen atoms in total. The lowest BCUT2D eigenvalue weighted by Gasteiger charge is -2.06. The van der Waals surface area contributed by atoms with E-state index >= 15 is 0 Å². The summed E-state index contributed by atoms with van der Waals surface area (Å²) in [7, 11) is 0. The van der Waals surface area contributed by atoms with Crippen LogP contribution in [0.25, 0.3) is 0 Å². The van der Waals surface area contributed by atoms with E-state index in [-0.39, 0.29) is 5.91 Å². The van der Waals surface area contributed by atoms with Crippen LogP contribution in [0.1, 0.15) is 44.6 Å². The predicted octanol–water partition coefficient (Wildman–Crippen LogP) is 3.11. The van der Waals surface area contributed by atoms with Gasteiger partial charge in [0.2, 0.25) is 5.91 Å². The standard InChI is InChI=1S/C16H23NO2/c1-3-6-16(18)17-11-13-10-15(13)12-7-5-8-14(9-12)19-4-2/h5,7-9,13,15H,3-4,6,10-11H2,1-2H3,(H,17,18)/t13-,15-/m0/s1. The van der Waals surface area contributed by atoms with Gasteiger partial charge in [0.05, 0.1) is 6.61 Å². The smallest absolute Gasteiger partial charge is 0.219 e. The molecule has 1 N–H and O–H groups in total. The number of nitrogens with one attached hydrogen (secondary N) is 1. The van der Waals surface area contributed by atoms with E-state index < -0.39 is 0 Å². The van der Waals surface area contributed by atoms with Crippen molar-refractivity contribution in [2.75, 3.05) is 13.2 Å². The van der Waals surface area contributed by atoms with Gasteiger partial charge in [-0.2, -0.15) is 0 Å². The fourth-order valence-electron chi connectivity index (χ4n) is 2.44. The summed E-state index contributed by atoms with van der Waals surface area (Å²) in [6.45, 7) is 5.53. The number of carbonyl (C=O) groups excluding carboxylic acids is 1. The third-order valence-electron chi connectivity index (χ3n) is 3.56. The minimum Gasteiger partial charge on any atom is -0.494 e. The van der Waals surface area contributed by atoms with Crippen LogP contribution in [-0.4, -0.2) is 19.1 Å². The average Bonchev–Trinajstić information content (AvgIpc) is 3.17. The van der Waals surface area contributed by atoms with Gasteiger partial charge in [-0.3, -0.25) is 4.79 Å². The van der Waals surface area contributed by atoms with E-state index in [1.54, 1.807) is 0 Å². The van der Waals surface area contributed by atoms with Gasteiger partial charge in [-0.25, -0.2) is 0 Å².